The molecule has 0 unspecified atom stereocenters. The van der Waals surface area contributed by atoms with E-state index in [0.717, 1.165) is 33.3 Å². The van der Waals surface area contributed by atoms with E-state index in [1.54, 1.807) is 6.07 Å². The summed E-state index contributed by atoms with van der Waals surface area (Å²) in [6, 6.07) is 15.9. The number of carbonyl (C=O) groups excluding carboxylic acids is 1. The number of aromatic amines is 1. The number of H-pyrrole nitrogens is 1. The largest absolute Gasteiger partial charge is 0.321 e. The minimum atomic E-state index is -0.153. The van der Waals surface area contributed by atoms with Gasteiger partial charge < -0.3 is 9.88 Å². The summed E-state index contributed by atoms with van der Waals surface area (Å²) in [5, 5.41) is 1.56. The molecule has 4 rings (SSSR count). The molecular weight excluding hydrogens is 392 g/mol. The van der Waals surface area contributed by atoms with E-state index >= 15 is 0 Å². The Morgan fingerprint density at radius 3 is 2.47 bits per heavy atom. The maximum Gasteiger partial charge on any atom is 0.268 e. The molecule has 0 atom stereocenters. The zero-order valence-corrected chi connectivity index (χ0v) is 18.6. The fourth-order valence-electron chi connectivity index (χ4n) is 3.75. The fraction of sp³-hybridized carbons (Fsp3) is 0.280. The Kier molecular flexibility index (Phi) is 5.48. The summed E-state index contributed by atoms with van der Waals surface area (Å²) in [4.78, 5) is 31.4. The number of nitrogens with one attached hydrogen (secondary N) is 1. The van der Waals surface area contributed by atoms with Crippen LogP contribution in [0.1, 0.15) is 53.9 Å². The van der Waals surface area contributed by atoms with E-state index < -0.39 is 0 Å². The normalized spacial score (nSPS) is 11.5. The van der Waals surface area contributed by atoms with E-state index in [0.29, 0.717) is 22.7 Å². The van der Waals surface area contributed by atoms with Gasteiger partial charge in [-0.15, -0.1) is 11.3 Å². The number of thiophene rings is 1. The summed E-state index contributed by atoms with van der Waals surface area (Å²) >= 11 is 1.40. The predicted molar refractivity (Wildman–Crippen MR) is 127 cm³/mol. The second-order valence-corrected chi connectivity index (χ2v) is 9.11. The molecule has 0 spiro atoms. The van der Waals surface area contributed by atoms with Gasteiger partial charge in [0.2, 0.25) is 0 Å². The molecule has 0 aliphatic carbocycles. The molecular formula is C25H26N2O2S. The van der Waals surface area contributed by atoms with Crippen molar-refractivity contribution in [2.24, 2.45) is 0 Å². The summed E-state index contributed by atoms with van der Waals surface area (Å²) in [5.74, 6) is 0.385. The zero-order valence-electron chi connectivity index (χ0n) is 17.8. The number of amides is 1. The van der Waals surface area contributed by atoms with Crippen LogP contribution in [0.3, 0.4) is 0 Å². The van der Waals surface area contributed by atoms with Crippen molar-refractivity contribution < 1.29 is 4.79 Å². The third-order valence-corrected chi connectivity index (χ3v) is 6.58. The summed E-state index contributed by atoms with van der Waals surface area (Å²) in [6.07, 6.45) is 0.852. The molecule has 154 valence electrons. The molecule has 0 bridgehead atoms. The Hall–Kier alpha value is -2.92. The van der Waals surface area contributed by atoms with Crippen LogP contribution >= 0.6 is 11.3 Å². The van der Waals surface area contributed by atoms with Crippen LogP contribution in [0.15, 0.2) is 53.3 Å². The second-order valence-electron chi connectivity index (χ2n) is 8.06. The zero-order chi connectivity index (χ0) is 21.4. The van der Waals surface area contributed by atoms with Crippen LogP contribution in [0.5, 0.6) is 0 Å². The van der Waals surface area contributed by atoms with E-state index in [4.69, 9.17) is 0 Å². The first kappa shape index (κ1) is 20.4. The van der Waals surface area contributed by atoms with Crippen molar-refractivity contribution in [3.05, 3.63) is 74.9 Å². The average Bonchev–Trinajstić information content (AvgIpc) is 3.19. The van der Waals surface area contributed by atoms with Gasteiger partial charge >= 0.3 is 0 Å². The molecule has 4 nitrogen and oxygen atoms in total. The number of anilines is 1. The molecule has 2 aromatic heterocycles. The summed E-state index contributed by atoms with van der Waals surface area (Å²) in [5.41, 5.74) is 3.90. The first-order valence-corrected chi connectivity index (χ1v) is 11.2. The van der Waals surface area contributed by atoms with Crippen LogP contribution in [0.2, 0.25) is 0 Å². The highest BCUT2D eigenvalue weighted by atomic mass is 32.1. The molecule has 30 heavy (non-hydrogen) atoms. The van der Waals surface area contributed by atoms with Crippen LogP contribution in [0.4, 0.5) is 5.69 Å². The second kappa shape index (κ2) is 8.07. The summed E-state index contributed by atoms with van der Waals surface area (Å²) in [7, 11) is 0. The molecule has 1 amide bonds. The Morgan fingerprint density at radius 1 is 1.07 bits per heavy atom. The van der Waals surface area contributed by atoms with Crippen molar-refractivity contribution in [2.45, 2.75) is 40.0 Å². The first-order chi connectivity index (χ1) is 14.4. The lowest BCUT2D eigenvalue weighted by Gasteiger charge is -2.22. The monoisotopic (exact) mass is 418 g/mol. The van der Waals surface area contributed by atoms with E-state index in [-0.39, 0.29) is 11.5 Å². The Morgan fingerprint density at radius 2 is 1.80 bits per heavy atom. The molecule has 0 radical (unpaired) electrons. The maximum atomic E-state index is 13.5. The van der Waals surface area contributed by atoms with Crippen molar-refractivity contribution in [1.29, 1.82) is 0 Å². The van der Waals surface area contributed by atoms with Crippen LogP contribution in [0, 0.1) is 6.92 Å². The third kappa shape index (κ3) is 3.65. The van der Waals surface area contributed by atoms with E-state index in [2.05, 4.69) is 44.0 Å². The fourth-order valence-corrected chi connectivity index (χ4v) is 4.89. The summed E-state index contributed by atoms with van der Waals surface area (Å²) in [6.45, 7) is 9.04. The molecule has 0 aliphatic rings. The molecule has 2 heterocycles. The van der Waals surface area contributed by atoms with Gasteiger partial charge in [0.25, 0.3) is 11.5 Å². The standard InChI is InChI=1S/C25H26N2O2S/c1-5-12-27(18-9-7-17(8-10-18)15(2)3)25(29)22-14-20-23(30-22)19-13-16(4)6-11-21(19)26-24(20)28/h6-11,13-15H,5,12H2,1-4H3,(H,26,28). The number of carbonyl (C=O) groups is 1. The predicted octanol–water partition coefficient (Wildman–Crippen LogP) is 6.23. The topological polar surface area (TPSA) is 53.2 Å². The lowest BCUT2D eigenvalue weighted by molar-refractivity contribution is 0.0991. The number of fused-ring (bicyclic) bond motifs is 3. The smallest absolute Gasteiger partial charge is 0.268 e. The minimum Gasteiger partial charge on any atom is -0.321 e. The van der Waals surface area contributed by atoms with Crippen LogP contribution in [0.25, 0.3) is 21.0 Å². The molecule has 0 saturated carbocycles. The van der Waals surface area contributed by atoms with Crippen LogP contribution in [-0.2, 0) is 0 Å². The van der Waals surface area contributed by atoms with Gasteiger partial charge in [-0.1, -0.05) is 44.5 Å². The van der Waals surface area contributed by atoms with Gasteiger partial charge in [0.05, 0.1) is 10.3 Å². The van der Waals surface area contributed by atoms with Crippen molar-refractivity contribution in [3.63, 3.8) is 0 Å². The molecule has 5 heteroatoms. The minimum absolute atomic E-state index is 0.0597. The summed E-state index contributed by atoms with van der Waals surface area (Å²) < 4.78 is 0.868. The molecule has 4 aromatic rings. The highest BCUT2D eigenvalue weighted by Crippen LogP contribution is 2.32. The SMILES string of the molecule is CCCN(C(=O)c1cc2c(=O)[nH]c3ccc(C)cc3c2s1)c1ccc(C(C)C)cc1. The van der Waals surface area contributed by atoms with E-state index in [9.17, 15) is 9.59 Å². The quantitative estimate of drug-likeness (QED) is 0.417. The van der Waals surface area contributed by atoms with Crippen molar-refractivity contribution in [2.75, 3.05) is 11.4 Å². The molecule has 0 aliphatic heterocycles. The van der Waals surface area contributed by atoms with Crippen LogP contribution < -0.4 is 10.5 Å². The van der Waals surface area contributed by atoms with Crippen molar-refractivity contribution >= 4 is 43.9 Å². The number of pyridine rings is 1. The molecule has 1 N–H and O–H groups in total. The van der Waals surface area contributed by atoms with Gasteiger partial charge in [-0.25, -0.2) is 0 Å². The number of rotatable bonds is 5. The number of nitrogens with zero attached hydrogens (tertiary/aromatic N) is 1. The van der Waals surface area contributed by atoms with Gasteiger partial charge in [0, 0.05) is 27.8 Å². The van der Waals surface area contributed by atoms with Crippen LogP contribution in [-0.4, -0.2) is 17.4 Å². The van der Waals surface area contributed by atoms with Gasteiger partial charge in [-0.2, -0.15) is 0 Å². The Bertz CT molecular complexity index is 1280. The Balaban J connectivity index is 1.80. The highest BCUT2D eigenvalue weighted by molar-refractivity contribution is 7.21. The van der Waals surface area contributed by atoms with Gasteiger partial charge in [0.1, 0.15) is 0 Å². The van der Waals surface area contributed by atoms with Crippen molar-refractivity contribution in [1.82, 2.24) is 4.98 Å². The van der Waals surface area contributed by atoms with E-state index in [1.807, 2.05) is 36.1 Å². The average molecular weight is 419 g/mol. The highest BCUT2D eigenvalue weighted by Gasteiger charge is 2.21. The lowest BCUT2D eigenvalue weighted by Crippen LogP contribution is -2.31. The number of hydrogen-bond acceptors (Lipinski definition) is 3. The molecule has 2 aromatic carbocycles. The van der Waals surface area contributed by atoms with Gasteiger partial charge in [-0.3, -0.25) is 9.59 Å². The Labute approximate surface area is 180 Å². The van der Waals surface area contributed by atoms with Gasteiger partial charge in [-0.05, 0) is 55.2 Å². The molecule has 0 fully saturated rings. The lowest BCUT2D eigenvalue weighted by atomic mass is 10.0. The van der Waals surface area contributed by atoms with Crippen molar-refractivity contribution in [3.8, 4) is 0 Å². The number of hydrogen-bond donors (Lipinski definition) is 1. The molecule has 0 saturated heterocycles. The number of benzene rings is 2. The van der Waals surface area contributed by atoms with Gasteiger partial charge in [0.15, 0.2) is 0 Å². The number of aromatic nitrogens is 1. The number of aryl methyl sites for hydroxylation is 1. The third-order valence-electron chi connectivity index (χ3n) is 5.42. The maximum absolute atomic E-state index is 13.5. The van der Waals surface area contributed by atoms with E-state index in [1.165, 1.54) is 16.9 Å². The first-order valence-electron chi connectivity index (χ1n) is 10.4.